The molecule has 0 N–H and O–H groups in total. The molecule has 1 aromatic carbocycles. The summed E-state index contributed by atoms with van der Waals surface area (Å²) in [5, 5.41) is 12.5. The first kappa shape index (κ1) is 17.7. The smallest absolute Gasteiger partial charge is 0.258 e. The third kappa shape index (κ3) is 3.58. The lowest BCUT2D eigenvalue weighted by molar-refractivity contribution is 0.410. The molecular formula is C17H13BrN6O2S. The SMILES string of the molecule is COc1ccccc1-n1nnnc1SCc1cc(=O)n2cc(Br)ccc2n1. The van der Waals surface area contributed by atoms with Crippen LogP contribution in [0.4, 0.5) is 0 Å². The van der Waals surface area contributed by atoms with Gasteiger partial charge in [-0.3, -0.25) is 9.20 Å². The minimum atomic E-state index is -0.138. The van der Waals surface area contributed by atoms with Crippen LogP contribution in [0.1, 0.15) is 5.69 Å². The normalized spacial score (nSPS) is 11.0. The van der Waals surface area contributed by atoms with Crippen LogP contribution < -0.4 is 10.3 Å². The van der Waals surface area contributed by atoms with Crippen LogP contribution >= 0.6 is 27.7 Å². The van der Waals surface area contributed by atoms with Crippen LogP contribution in [0.2, 0.25) is 0 Å². The molecule has 0 bridgehead atoms. The fourth-order valence-corrected chi connectivity index (χ4v) is 3.68. The first-order valence-corrected chi connectivity index (χ1v) is 9.66. The van der Waals surface area contributed by atoms with E-state index in [0.29, 0.717) is 28.0 Å². The Labute approximate surface area is 166 Å². The molecule has 0 radical (unpaired) electrons. The molecule has 3 heterocycles. The molecule has 0 unspecified atom stereocenters. The van der Waals surface area contributed by atoms with Gasteiger partial charge in [-0.25, -0.2) is 4.98 Å². The van der Waals surface area contributed by atoms with Gasteiger partial charge in [0.05, 0.1) is 12.8 Å². The number of hydrogen-bond acceptors (Lipinski definition) is 7. The van der Waals surface area contributed by atoms with Crippen molar-refractivity contribution < 1.29 is 4.74 Å². The van der Waals surface area contributed by atoms with Crippen molar-refractivity contribution in [3.05, 3.63) is 69.2 Å². The van der Waals surface area contributed by atoms with E-state index in [1.165, 1.54) is 22.2 Å². The minimum absolute atomic E-state index is 0.138. The van der Waals surface area contributed by atoms with E-state index in [4.69, 9.17) is 4.74 Å². The zero-order chi connectivity index (χ0) is 18.8. The zero-order valence-corrected chi connectivity index (χ0v) is 16.5. The molecule has 27 heavy (non-hydrogen) atoms. The van der Waals surface area contributed by atoms with E-state index in [0.717, 1.165) is 10.2 Å². The lowest BCUT2D eigenvalue weighted by atomic mass is 10.3. The number of tetrazole rings is 1. The van der Waals surface area contributed by atoms with Gasteiger partial charge in [0.25, 0.3) is 5.56 Å². The summed E-state index contributed by atoms with van der Waals surface area (Å²) >= 11 is 4.75. The number of benzene rings is 1. The second-order valence-corrected chi connectivity index (χ2v) is 7.35. The highest BCUT2D eigenvalue weighted by atomic mass is 79.9. The van der Waals surface area contributed by atoms with Gasteiger partial charge in [0.15, 0.2) is 0 Å². The number of rotatable bonds is 5. The van der Waals surface area contributed by atoms with Crippen LogP contribution in [0.15, 0.2) is 63.1 Å². The van der Waals surface area contributed by atoms with Crippen molar-refractivity contribution in [3.8, 4) is 11.4 Å². The number of fused-ring (bicyclic) bond motifs is 1. The first-order valence-electron chi connectivity index (χ1n) is 7.88. The number of pyridine rings is 1. The van der Waals surface area contributed by atoms with Gasteiger partial charge >= 0.3 is 0 Å². The maximum atomic E-state index is 12.3. The third-order valence-corrected chi connectivity index (χ3v) is 5.20. The van der Waals surface area contributed by atoms with E-state index < -0.39 is 0 Å². The van der Waals surface area contributed by atoms with Gasteiger partial charge in [0.1, 0.15) is 17.1 Å². The summed E-state index contributed by atoms with van der Waals surface area (Å²) in [5.74, 6) is 1.12. The third-order valence-electron chi connectivity index (χ3n) is 3.78. The van der Waals surface area contributed by atoms with Crippen molar-refractivity contribution in [1.29, 1.82) is 0 Å². The lowest BCUT2D eigenvalue weighted by Gasteiger charge is -2.09. The highest BCUT2D eigenvalue weighted by molar-refractivity contribution is 9.10. The lowest BCUT2D eigenvalue weighted by Crippen LogP contribution is -2.15. The van der Waals surface area contributed by atoms with Gasteiger partial charge in [-0.1, -0.05) is 23.9 Å². The summed E-state index contributed by atoms with van der Waals surface area (Å²) in [6.45, 7) is 0. The summed E-state index contributed by atoms with van der Waals surface area (Å²) in [4.78, 5) is 16.8. The molecule has 10 heteroatoms. The Hall–Kier alpha value is -2.72. The fourth-order valence-electron chi connectivity index (χ4n) is 2.56. The van der Waals surface area contributed by atoms with Crippen LogP contribution in [-0.4, -0.2) is 36.7 Å². The Morgan fingerprint density at radius 2 is 2.07 bits per heavy atom. The number of thioether (sulfide) groups is 1. The quantitative estimate of drug-likeness (QED) is 0.437. The molecule has 0 saturated carbocycles. The van der Waals surface area contributed by atoms with Crippen molar-refractivity contribution >= 4 is 33.3 Å². The summed E-state index contributed by atoms with van der Waals surface area (Å²) in [7, 11) is 1.60. The molecule has 4 rings (SSSR count). The fraction of sp³-hybridized carbons (Fsp3) is 0.118. The number of ether oxygens (including phenoxy) is 1. The van der Waals surface area contributed by atoms with Gasteiger partial charge in [-0.05, 0) is 50.6 Å². The molecule has 0 saturated heterocycles. The van der Waals surface area contributed by atoms with Gasteiger partial charge in [0, 0.05) is 22.5 Å². The Balaban J connectivity index is 1.62. The van der Waals surface area contributed by atoms with Gasteiger partial charge in [0.2, 0.25) is 5.16 Å². The van der Waals surface area contributed by atoms with E-state index in [9.17, 15) is 4.79 Å². The van der Waals surface area contributed by atoms with Crippen molar-refractivity contribution in [2.45, 2.75) is 10.9 Å². The number of aromatic nitrogens is 6. The van der Waals surface area contributed by atoms with Crippen molar-refractivity contribution in [1.82, 2.24) is 29.6 Å². The van der Waals surface area contributed by atoms with Gasteiger partial charge in [-0.15, -0.1) is 5.10 Å². The molecule has 0 atom stereocenters. The van der Waals surface area contributed by atoms with E-state index in [1.807, 2.05) is 30.3 Å². The van der Waals surface area contributed by atoms with Crippen molar-refractivity contribution in [2.24, 2.45) is 0 Å². The molecule has 4 aromatic rings. The van der Waals surface area contributed by atoms with Gasteiger partial charge < -0.3 is 4.74 Å². The van der Waals surface area contributed by atoms with Crippen LogP contribution in [0.5, 0.6) is 5.75 Å². The number of halogens is 1. The Kier molecular flexibility index (Phi) is 4.90. The maximum Gasteiger partial charge on any atom is 0.258 e. The summed E-state index contributed by atoms with van der Waals surface area (Å²) < 4.78 is 9.29. The molecule has 0 spiro atoms. The molecule has 0 aliphatic carbocycles. The molecular weight excluding hydrogens is 432 g/mol. The van der Waals surface area contributed by atoms with Crippen LogP contribution in [0.3, 0.4) is 0 Å². The maximum absolute atomic E-state index is 12.3. The summed E-state index contributed by atoms with van der Waals surface area (Å²) in [6.07, 6.45) is 1.70. The topological polar surface area (TPSA) is 87.2 Å². The van der Waals surface area contributed by atoms with Crippen molar-refractivity contribution in [3.63, 3.8) is 0 Å². The van der Waals surface area contributed by atoms with E-state index in [-0.39, 0.29) is 5.56 Å². The predicted molar refractivity (Wildman–Crippen MR) is 104 cm³/mol. The molecule has 0 aliphatic heterocycles. The zero-order valence-electron chi connectivity index (χ0n) is 14.1. The molecule has 0 amide bonds. The second-order valence-electron chi connectivity index (χ2n) is 5.50. The number of methoxy groups -OCH3 is 1. The second kappa shape index (κ2) is 7.49. The minimum Gasteiger partial charge on any atom is -0.494 e. The molecule has 3 aromatic heterocycles. The van der Waals surface area contributed by atoms with Crippen LogP contribution in [-0.2, 0) is 5.75 Å². The molecule has 8 nitrogen and oxygen atoms in total. The molecule has 0 aliphatic rings. The first-order chi connectivity index (χ1) is 13.2. The van der Waals surface area contributed by atoms with Crippen molar-refractivity contribution in [2.75, 3.05) is 7.11 Å². The number of para-hydroxylation sites is 2. The summed E-state index contributed by atoms with van der Waals surface area (Å²) in [5.41, 5.74) is 1.85. The Morgan fingerprint density at radius 3 is 2.93 bits per heavy atom. The van der Waals surface area contributed by atoms with Gasteiger partial charge in [-0.2, -0.15) is 4.68 Å². The van der Waals surface area contributed by atoms with E-state index in [1.54, 1.807) is 24.1 Å². The highest BCUT2D eigenvalue weighted by Gasteiger charge is 2.14. The Bertz CT molecular complexity index is 1180. The van der Waals surface area contributed by atoms with Crippen LogP contribution in [0, 0.1) is 0 Å². The van der Waals surface area contributed by atoms with E-state index in [2.05, 4.69) is 36.4 Å². The number of nitrogens with zero attached hydrogens (tertiary/aromatic N) is 6. The number of hydrogen-bond donors (Lipinski definition) is 0. The summed E-state index contributed by atoms with van der Waals surface area (Å²) in [6, 6.07) is 12.6. The predicted octanol–water partition coefficient (Wildman–Crippen LogP) is 2.73. The van der Waals surface area contributed by atoms with E-state index >= 15 is 0 Å². The highest BCUT2D eigenvalue weighted by Crippen LogP contribution is 2.26. The molecule has 136 valence electrons. The standard InChI is InChI=1S/C17H13BrN6O2S/c1-26-14-5-3-2-4-13(14)24-17(20-21-22-24)27-10-12-8-16(25)23-9-11(18)6-7-15(23)19-12/h2-9H,10H2,1H3. The average Bonchev–Trinajstić information content (AvgIpc) is 3.15. The monoisotopic (exact) mass is 444 g/mol. The molecule has 0 fully saturated rings. The average molecular weight is 445 g/mol. The van der Waals surface area contributed by atoms with Crippen LogP contribution in [0.25, 0.3) is 11.3 Å². The Morgan fingerprint density at radius 1 is 1.22 bits per heavy atom. The largest absolute Gasteiger partial charge is 0.494 e.